The highest BCUT2D eigenvalue weighted by Crippen LogP contribution is 2.27. The zero-order valence-electron chi connectivity index (χ0n) is 26.9. The topological polar surface area (TPSA) is 158 Å². The van der Waals surface area contributed by atoms with Gasteiger partial charge in [0.25, 0.3) is 11.5 Å². The van der Waals surface area contributed by atoms with Crippen LogP contribution in [0.1, 0.15) is 58.3 Å². The largest absolute Gasteiger partial charge is 0.476 e. The minimum atomic E-state index is -1.00. The fourth-order valence-corrected chi connectivity index (χ4v) is 6.30. The number of aromatic carboxylic acids is 1. The van der Waals surface area contributed by atoms with Gasteiger partial charge in [-0.3, -0.25) is 18.7 Å². The standard InChI is InChI=1S/C28H24F2N6O3.C8H6N2O2/c29-18-6-4-17(5-7-18)15-35-25-22(13-19(30)14-31-25)27(38)36(28(35)39)21-10-8-20(9-11-21)32-26(37)23-16-34-12-2-1-3-24(34)33-23;11-8(12)6-5-10-4-2-1-3-7(10)9-6/h1-7,12-14,16,20-21H,8-11,15H2,(H,32,37);1-5H,(H,11,12). The highest BCUT2D eigenvalue weighted by atomic mass is 19.1. The van der Waals surface area contributed by atoms with Crippen LogP contribution in [-0.2, 0) is 6.54 Å². The predicted molar refractivity (Wildman–Crippen MR) is 182 cm³/mol. The van der Waals surface area contributed by atoms with Gasteiger partial charge < -0.3 is 19.2 Å². The second-order valence-electron chi connectivity index (χ2n) is 12.2. The third-order valence-corrected chi connectivity index (χ3v) is 8.81. The van der Waals surface area contributed by atoms with Crippen molar-refractivity contribution in [2.75, 3.05) is 0 Å². The summed E-state index contributed by atoms with van der Waals surface area (Å²) in [4.78, 5) is 62.6. The molecule has 0 spiro atoms. The van der Waals surface area contributed by atoms with Gasteiger partial charge in [-0.25, -0.2) is 33.3 Å². The molecule has 0 bridgehead atoms. The van der Waals surface area contributed by atoms with E-state index in [4.69, 9.17) is 5.11 Å². The SMILES string of the molecule is O=C(NC1CCC(n2c(=O)c3cc(F)cnc3n(Cc3ccc(F)cc3)c2=O)CC1)c1cn2ccccc2n1.O=C(O)c1cn2ccccc2n1. The Bertz CT molecular complexity index is 2470. The summed E-state index contributed by atoms with van der Waals surface area (Å²) in [5.41, 5.74) is 1.24. The number of hydrogen-bond acceptors (Lipinski definition) is 7. The fraction of sp³-hybridized carbons (Fsp3) is 0.194. The summed E-state index contributed by atoms with van der Waals surface area (Å²) in [7, 11) is 0. The van der Waals surface area contributed by atoms with Gasteiger partial charge in [0.15, 0.2) is 5.69 Å². The Kier molecular flexibility index (Phi) is 8.92. The molecule has 0 aliphatic heterocycles. The lowest BCUT2D eigenvalue weighted by molar-refractivity contribution is 0.0691. The number of pyridine rings is 3. The Morgan fingerprint density at radius 3 is 2.08 bits per heavy atom. The number of imidazole rings is 2. The monoisotopic (exact) mass is 692 g/mol. The Balaban J connectivity index is 0.000000285. The predicted octanol–water partition coefficient (Wildman–Crippen LogP) is 4.48. The summed E-state index contributed by atoms with van der Waals surface area (Å²) in [5, 5.41) is 11.6. The summed E-state index contributed by atoms with van der Waals surface area (Å²) in [6.45, 7) is 0.0406. The van der Waals surface area contributed by atoms with E-state index >= 15 is 0 Å². The Labute approximate surface area is 287 Å². The minimum absolute atomic E-state index is 0.000939. The molecule has 15 heteroatoms. The fourth-order valence-electron chi connectivity index (χ4n) is 6.30. The van der Waals surface area contributed by atoms with Crippen LogP contribution in [0.3, 0.4) is 0 Å². The number of carboxylic acid groups (broad SMARTS) is 1. The van der Waals surface area contributed by atoms with Crippen molar-refractivity contribution >= 4 is 34.2 Å². The number of halogens is 2. The molecule has 2 N–H and O–H groups in total. The minimum Gasteiger partial charge on any atom is -0.476 e. The molecular weight excluding hydrogens is 662 g/mol. The van der Waals surface area contributed by atoms with E-state index in [2.05, 4.69) is 20.3 Å². The summed E-state index contributed by atoms with van der Waals surface area (Å²) in [6.07, 6.45) is 9.72. The molecule has 0 atom stereocenters. The van der Waals surface area contributed by atoms with E-state index in [-0.39, 0.29) is 35.2 Å². The number of nitrogens with one attached hydrogen (secondary N) is 1. The second-order valence-corrected chi connectivity index (χ2v) is 12.2. The third kappa shape index (κ3) is 6.86. The highest BCUT2D eigenvalue weighted by molar-refractivity contribution is 5.93. The number of nitrogens with zero attached hydrogens (tertiary/aromatic N) is 7. The number of amides is 1. The number of fused-ring (bicyclic) bond motifs is 3. The number of carbonyl (C=O) groups is 2. The van der Waals surface area contributed by atoms with Crippen molar-refractivity contribution in [2.45, 2.75) is 44.3 Å². The molecular formula is C36H30F2N8O5. The lowest BCUT2D eigenvalue weighted by Gasteiger charge is -2.30. The molecule has 0 radical (unpaired) electrons. The van der Waals surface area contributed by atoms with Gasteiger partial charge in [0.05, 0.1) is 18.1 Å². The van der Waals surface area contributed by atoms with Gasteiger partial charge in [0.1, 0.15) is 34.3 Å². The smallest absolute Gasteiger partial charge is 0.356 e. The van der Waals surface area contributed by atoms with Crippen molar-refractivity contribution < 1.29 is 23.5 Å². The van der Waals surface area contributed by atoms with E-state index in [1.165, 1.54) is 27.5 Å². The van der Waals surface area contributed by atoms with Gasteiger partial charge in [0.2, 0.25) is 0 Å². The molecule has 258 valence electrons. The van der Waals surface area contributed by atoms with Gasteiger partial charge in [-0.15, -0.1) is 0 Å². The van der Waals surface area contributed by atoms with Crippen molar-refractivity contribution in [3.05, 3.63) is 147 Å². The molecule has 13 nitrogen and oxygen atoms in total. The van der Waals surface area contributed by atoms with Crippen LogP contribution in [0.15, 0.2) is 107 Å². The first kappa shape index (κ1) is 33.0. The third-order valence-electron chi connectivity index (χ3n) is 8.81. The molecule has 1 aromatic carbocycles. The molecule has 7 aromatic rings. The first-order valence-electron chi connectivity index (χ1n) is 16.1. The molecule has 0 unspecified atom stereocenters. The quantitative estimate of drug-likeness (QED) is 0.258. The van der Waals surface area contributed by atoms with E-state index in [9.17, 15) is 28.0 Å². The number of carboxylic acids is 1. The van der Waals surface area contributed by atoms with E-state index in [1.54, 1.807) is 39.4 Å². The molecule has 6 heterocycles. The number of carbonyl (C=O) groups excluding carboxylic acids is 1. The first-order valence-corrected chi connectivity index (χ1v) is 16.1. The number of benzene rings is 1. The summed E-state index contributed by atoms with van der Waals surface area (Å²) >= 11 is 0. The number of aromatic nitrogens is 7. The lowest BCUT2D eigenvalue weighted by atomic mass is 9.90. The van der Waals surface area contributed by atoms with Crippen LogP contribution in [0, 0.1) is 11.6 Å². The normalized spacial score (nSPS) is 15.8. The van der Waals surface area contributed by atoms with Crippen molar-refractivity contribution in [3.63, 3.8) is 0 Å². The molecule has 0 saturated heterocycles. The van der Waals surface area contributed by atoms with Gasteiger partial charge in [-0.2, -0.15) is 0 Å². The maximum Gasteiger partial charge on any atom is 0.356 e. The Hall–Kier alpha value is -6.51. The highest BCUT2D eigenvalue weighted by Gasteiger charge is 2.28. The van der Waals surface area contributed by atoms with Gasteiger partial charge in [-0.1, -0.05) is 24.3 Å². The lowest BCUT2D eigenvalue weighted by Crippen LogP contribution is -2.45. The molecule has 1 aliphatic rings. The van der Waals surface area contributed by atoms with Crippen molar-refractivity contribution in [3.8, 4) is 0 Å². The molecule has 1 aliphatic carbocycles. The van der Waals surface area contributed by atoms with Gasteiger partial charge >= 0.3 is 11.7 Å². The molecule has 1 amide bonds. The number of rotatable bonds is 6. The van der Waals surface area contributed by atoms with Crippen LogP contribution in [0.25, 0.3) is 22.3 Å². The average Bonchev–Trinajstić information content (AvgIpc) is 3.78. The van der Waals surface area contributed by atoms with Gasteiger partial charge in [0, 0.05) is 36.9 Å². The summed E-state index contributed by atoms with van der Waals surface area (Å²) < 4.78 is 33.4. The number of hydrogen-bond donors (Lipinski definition) is 2. The molecule has 6 aromatic heterocycles. The Morgan fingerprint density at radius 1 is 0.824 bits per heavy atom. The molecule has 8 rings (SSSR count). The van der Waals surface area contributed by atoms with Crippen LogP contribution in [0.5, 0.6) is 0 Å². The maximum atomic E-state index is 14.1. The summed E-state index contributed by atoms with van der Waals surface area (Å²) in [5.74, 6) is -2.38. The van der Waals surface area contributed by atoms with Crippen LogP contribution in [0.2, 0.25) is 0 Å². The Morgan fingerprint density at radius 2 is 1.45 bits per heavy atom. The van der Waals surface area contributed by atoms with Crippen molar-refractivity contribution in [1.82, 2.24) is 38.2 Å². The van der Waals surface area contributed by atoms with E-state index < -0.39 is 34.9 Å². The zero-order valence-corrected chi connectivity index (χ0v) is 26.9. The zero-order chi connectivity index (χ0) is 35.6. The molecule has 1 fully saturated rings. The second kappa shape index (κ2) is 13.8. The van der Waals surface area contributed by atoms with Gasteiger partial charge in [-0.05, 0) is 73.7 Å². The molecule has 51 heavy (non-hydrogen) atoms. The van der Waals surface area contributed by atoms with E-state index in [0.29, 0.717) is 48.2 Å². The average molecular weight is 693 g/mol. The van der Waals surface area contributed by atoms with Crippen LogP contribution >= 0.6 is 0 Å². The van der Waals surface area contributed by atoms with Crippen LogP contribution in [0.4, 0.5) is 8.78 Å². The molecule has 1 saturated carbocycles. The van der Waals surface area contributed by atoms with E-state index in [1.807, 2.05) is 36.5 Å². The van der Waals surface area contributed by atoms with E-state index in [0.717, 1.165) is 12.3 Å². The maximum absolute atomic E-state index is 14.1. The van der Waals surface area contributed by atoms with Crippen LogP contribution < -0.4 is 16.6 Å². The van der Waals surface area contributed by atoms with Crippen LogP contribution in [-0.4, -0.2) is 55.9 Å². The van der Waals surface area contributed by atoms with Crippen molar-refractivity contribution in [1.29, 1.82) is 0 Å². The first-order chi connectivity index (χ1) is 24.6. The van der Waals surface area contributed by atoms with Crippen molar-refractivity contribution in [2.24, 2.45) is 0 Å². The summed E-state index contributed by atoms with van der Waals surface area (Å²) in [6, 6.07) is 17.1.